The number of thiocarbonyl (C=S) groups is 1. The van der Waals surface area contributed by atoms with Crippen molar-refractivity contribution >= 4 is 40.7 Å². The number of ether oxygens (including phenoxy) is 1. The molecule has 20 heavy (non-hydrogen) atoms. The first kappa shape index (κ1) is 15.9. The molecule has 7 heteroatoms. The Balaban J connectivity index is 2.97. The van der Waals surface area contributed by atoms with Crippen molar-refractivity contribution in [2.75, 3.05) is 19.4 Å². The second kappa shape index (κ2) is 7.44. The molecule has 0 saturated carbocycles. The number of amidine groups is 1. The average Bonchev–Trinajstić information content (AvgIpc) is 2.37. The lowest BCUT2D eigenvalue weighted by Gasteiger charge is -2.14. The van der Waals surface area contributed by atoms with E-state index in [1.54, 1.807) is 50.2 Å². The van der Waals surface area contributed by atoms with E-state index < -0.39 is 0 Å². The van der Waals surface area contributed by atoms with Crippen LogP contribution >= 0.6 is 12.2 Å². The predicted octanol–water partition coefficient (Wildman–Crippen LogP) is 1.84. The highest BCUT2D eigenvalue weighted by Crippen LogP contribution is 2.18. The van der Waals surface area contributed by atoms with Gasteiger partial charge in [-0.3, -0.25) is 4.79 Å². The smallest absolute Gasteiger partial charge is 0.299 e. The van der Waals surface area contributed by atoms with Crippen molar-refractivity contribution in [1.29, 1.82) is 0 Å². The maximum Gasteiger partial charge on any atom is 0.299 e. The van der Waals surface area contributed by atoms with Crippen LogP contribution in [0.5, 0.6) is 0 Å². The Morgan fingerprint density at radius 1 is 1.50 bits per heavy atom. The van der Waals surface area contributed by atoms with Gasteiger partial charge in [-0.1, -0.05) is 13.0 Å². The fraction of sp³-hybridized carbons (Fsp3) is 0.308. The zero-order chi connectivity index (χ0) is 15.1. The van der Waals surface area contributed by atoms with Crippen LogP contribution in [0.15, 0.2) is 29.3 Å². The maximum atomic E-state index is 11.4. The summed E-state index contributed by atoms with van der Waals surface area (Å²) in [4.78, 5) is 17.3. The SMILES string of the molecule is CCC(=O)Nc1cccc(N=C(OC(N)=S)N(C)C)c1. The third kappa shape index (κ3) is 5.23. The predicted molar refractivity (Wildman–Crippen MR) is 84.0 cm³/mol. The van der Waals surface area contributed by atoms with Crippen LogP contribution in [0, 0.1) is 0 Å². The molecule has 0 bridgehead atoms. The molecule has 0 spiro atoms. The number of rotatable bonds is 3. The second-order valence-electron chi connectivity index (χ2n) is 4.16. The molecule has 108 valence electrons. The zero-order valence-electron chi connectivity index (χ0n) is 11.7. The first-order valence-corrected chi connectivity index (χ1v) is 6.46. The first-order chi connectivity index (χ1) is 9.42. The van der Waals surface area contributed by atoms with Crippen molar-refractivity contribution in [3.63, 3.8) is 0 Å². The third-order valence-corrected chi connectivity index (χ3v) is 2.33. The number of hydrogen-bond donors (Lipinski definition) is 2. The van der Waals surface area contributed by atoms with Crippen LogP contribution < -0.4 is 11.1 Å². The van der Waals surface area contributed by atoms with E-state index in [-0.39, 0.29) is 17.1 Å². The highest BCUT2D eigenvalue weighted by Gasteiger charge is 2.06. The van der Waals surface area contributed by atoms with Gasteiger partial charge >= 0.3 is 0 Å². The minimum absolute atomic E-state index is 0.0571. The van der Waals surface area contributed by atoms with Crippen LogP contribution in [0.1, 0.15) is 13.3 Å². The van der Waals surface area contributed by atoms with E-state index in [0.29, 0.717) is 17.8 Å². The summed E-state index contributed by atoms with van der Waals surface area (Å²) in [7, 11) is 3.53. The third-order valence-electron chi connectivity index (χ3n) is 2.25. The lowest BCUT2D eigenvalue weighted by atomic mass is 10.2. The van der Waals surface area contributed by atoms with Crippen LogP contribution in [0.25, 0.3) is 0 Å². The monoisotopic (exact) mass is 294 g/mol. The Morgan fingerprint density at radius 2 is 2.20 bits per heavy atom. The molecule has 0 fully saturated rings. The van der Waals surface area contributed by atoms with Crippen molar-refractivity contribution in [3.8, 4) is 0 Å². The number of hydrogen-bond acceptors (Lipinski definition) is 4. The molecule has 0 aromatic heterocycles. The van der Waals surface area contributed by atoms with Crippen molar-refractivity contribution in [1.82, 2.24) is 4.90 Å². The van der Waals surface area contributed by atoms with Crippen molar-refractivity contribution in [3.05, 3.63) is 24.3 Å². The van der Waals surface area contributed by atoms with E-state index in [9.17, 15) is 4.79 Å². The molecule has 0 aliphatic rings. The highest BCUT2D eigenvalue weighted by molar-refractivity contribution is 7.80. The van der Waals surface area contributed by atoms with Gasteiger partial charge in [-0.05, 0) is 30.4 Å². The van der Waals surface area contributed by atoms with Gasteiger partial charge in [0.25, 0.3) is 11.2 Å². The van der Waals surface area contributed by atoms with Gasteiger partial charge < -0.3 is 20.7 Å². The summed E-state index contributed by atoms with van der Waals surface area (Å²) >= 11 is 4.70. The molecule has 0 unspecified atom stereocenters. The minimum atomic E-state index is -0.104. The number of carbonyl (C=O) groups excluding carboxylic acids is 1. The molecule has 1 aromatic rings. The Labute approximate surface area is 123 Å². The molecule has 0 atom stereocenters. The Kier molecular flexibility index (Phi) is 5.92. The Morgan fingerprint density at radius 3 is 2.75 bits per heavy atom. The van der Waals surface area contributed by atoms with E-state index in [4.69, 9.17) is 22.7 Å². The van der Waals surface area contributed by atoms with E-state index in [2.05, 4.69) is 10.3 Å². The molecule has 6 nitrogen and oxygen atoms in total. The quantitative estimate of drug-likeness (QED) is 0.505. The summed E-state index contributed by atoms with van der Waals surface area (Å²) in [6, 6.07) is 7.37. The number of nitrogens with one attached hydrogen (secondary N) is 1. The fourth-order valence-corrected chi connectivity index (χ4v) is 1.39. The van der Waals surface area contributed by atoms with E-state index in [0.717, 1.165) is 0 Å². The van der Waals surface area contributed by atoms with Crippen molar-refractivity contribution in [2.45, 2.75) is 13.3 Å². The highest BCUT2D eigenvalue weighted by atomic mass is 32.1. The Bertz CT molecular complexity index is 529. The molecule has 0 heterocycles. The zero-order valence-corrected chi connectivity index (χ0v) is 12.5. The summed E-state index contributed by atoms with van der Waals surface area (Å²) in [6.07, 6.45) is 0.418. The van der Waals surface area contributed by atoms with Gasteiger partial charge in [0.05, 0.1) is 5.69 Å². The largest absolute Gasteiger partial charge is 0.399 e. The molecular formula is C13H18N4O2S. The molecule has 0 aliphatic carbocycles. The molecule has 0 radical (unpaired) electrons. The van der Waals surface area contributed by atoms with Gasteiger partial charge in [-0.2, -0.15) is 4.99 Å². The van der Waals surface area contributed by atoms with Gasteiger partial charge in [0.15, 0.2) is 0 Å². The number of nitrogens with zero attached hydrogens (tertiary/aromatic N) is 2. The number of amides is 1. The minimum Gasteiger partial charge on any atom is -0.399 e. The van der Waals surface area contributed by atoms with Crippen LogP contribution in [0.3, 0.4) is 0 Å². The van der Waals surface area contributed by atoms with Gasteiger partial charge in [0.1, 0.15) is 0 Å². The molecule has 3 N–H and O–H groups in total. The number of nitrogens with two attached hydrogens (primary N) is 1. The fourth-order valence-electron chi connectivity index (χ4n) is 1.32. The standard InChI is InChI=1S/C13H18N4O2S/c1-4-11(18)15-9-6-5-7-10(8-9)16-13(17(2)3)19-12(14)20/h5-8H,4H2,1-3H3,(H2,14,20)(H,15,18). The lowest BCUT2D eigenvalue weighted by molar-refractivity contribution is -0.115. The summed E-state index contributed by atoms with van der Waals surface area (Å²) < 4.78 is 5.16. The summed E-state index contributed by atoms with van der Waals surface area (Å²) in [5.41, 5.74) is 6.64. The van der Waals surface area contributed by atoms with Gasteiger partial charge in [0.2, 0.25) is 5.91 Å². The molecule has 0 aliphatic heterocycles. The van der Waals surface area contributed by atoms with Gasteiger partial charge in [0, 0.05) is 26.2 Å². The summed E-state index contributed by atoms with van der Waals surface area (Å²) in [6.45, 7) is 1.79. The number of benzene rings is 1. The molecule has 1 rings (SSSR count). The van der Waals surface area contributed by atoms with Gasteiger partial charge in [-0.25, -0.2) is 0 Å². The maximum absolute atomic E-state index is 11.4. The normalized spacial score (nSPS) is 10.8. The topological polar surface area (TPSA) is 79.9 Å². The number of carbonyl (C=O) groups is 1. The lowest BCUT2D eigenvalue weighted by Crippen LogP contribution is -2.29. The van der Waals surface area contributed by atoms with Crippen molar-refractivity contribution < 1.29 is 9.53 Å². The van der Waals surface area contributed by atoms with Crippen LogP contribution in [0.4, 0.5) is 11.4 Å². The van der Waals surface area contributed by atoms with Crippen LogP contribution in [-0.4, -0.2) is 36.1 Å². The van der Waals surface area contributed by atoms with Crippen LogP contribution in [0.2, 0.25) is 0 Å². The van der Waals surface area contributed by atoms with Crippen molar-refractivity contribution in [2.24, 2.45) is 10.7 Å². The summed E-state index contributed by atoms with van der Waals surface area (Å²) in [5, 5.41) is 2.66. The number of anilines is 1. The first-order valence-electron chi connectivity index (χ1n) is 6.05. The molecule has 1 amide bonds. The summed E-state index contributed by atoms with van der Waals surface area (Å²) in [5.74, 6) is -0.0571. The van der Waals surface area contributed by atoms with Gasteiger partial charge in [-0.15, -0.1) is 0 Å². The van der Waals surface area contributed by atoms with E-state index >= 15 is 0 Å². The van der Waals surface area contributed by atoms with E-state index in [1.165, 1.54) is 0 Å². The number of aliphatic imine (C=N–C) groups is 1. The second-order valence-corrected chi connectivity index (χ2v) is 4.56. The molecular weight excluding hydrogens is 276 g/mol. The molecule has 0 saturated heterocycles. The average molecular weight is 294 g/mol. The molecule has 1 aromatic carbocycles. The van der Waals surface area contributed by atoms with Crippen LogP contribution in [-0.2, 0) is 9.53 Å². The Hall–Kier alpha value is -2.15. The van der Waals surface area contributed by atoms with E-state index in [1.807, 2.05) is 0 Å².